The lowest BCUT2D eigenvalue weighted by Crippen LogP contribution is -2.33. The van der Waals surface area contributed by atoms with E-state index < -0.39 is 12.8 Å². The molecule has 0 aliphatic carbocycles. The molecule has 0 heterocycles. The van der Waals surface area contributed by atoms with Gasteiger partial charge in [0.25, 0.3) is 0 Å². The molecule has 0 aliphatic heterocycles. The zero-order valence-corrected chi connectivity index (χ0v) is 9.85. The molecule has 0 saturated heterocycles. The SMILES string of the molecule is CC(CCCN)NC(=O)CCOCC(F)(F)F. The number of rotatable bonds is 8. The lowest BCUT2D eigenvalue weighted by Gasteiger charge is -2.13. The molecule has 0 aromatic heterocycles. The molecular formula is C10H19F3N2O2. The van der Waals surface area contributed by atoms with Gasteiger partial charge in [0, 0.05) is 12.5 Å². The summed E-state index contributed by atoms with van der Waals surface area (Å²) >= 11 is 0. The molecule has 3 N–H and O–H groups in total. The van der Waals surface area contributed by atoms with Crippen molar-refractivity contribution < 1.29 is 22.7 Å². The standard InChI is InChI=1S/C10H19F3N2O2/c1-8(3-2-5-14)15-9(16)4-6-17-7-10(11,12)13/h8H,2-7,14H2,1H3,(H,15,16). The van der Waals surface area contributed by atoms with E-state index in [-0.39, 0.29) is 25.0 Å². The Bertz CT molecular complexity index is 222. The first kappa shape index (κ1) is 16.2. The average molecular weight is 256 g/mol. The van der Waals surface area contributed by atoms with Crippen LogP contribution in [0.25, 0.3) is 0 Å². The fourth-order valence-corrected chi connectivity index (χ4v) is 1.20. The molecule has 102 valence electrons. The maximum atomic E-state index is 11.7. The Balaban J connectivity index is 3.53. The molecule has 0 fully saturated rings. The van der Waals surface area contributed by atoms with Gasteiger partial charge in [0.2, 0.25) is 5.91 Å². The van der Waals surface area contributed by atoms with E-state index >= 15 is 0 Å². The highest BCUT2D eigenvalue weighted by molar-refractivity contribution is 5.76. The Labute approximate surface area is 98.7 Å². The number of nitrogens with one attached hydrogen (secondary N) is 1. The number of ether oxygens (including phenoxy) is 1. The molecule has 17 heavy (non-hydrogen) atoms. The second kappa shape index (κ2) is 8.30. The highest BCUT2D eigenvalue weighted by atomic mass is 19.4. The summed E-state index contributed by atoms with van der Waals surface area (Å²) in [5.74, 6) is -0.309. The minimum absolute atomic E-state index is 0.0198. The van der Waals surface area contributed by atoms with Crippen molar-refractivity contribution >= 4 is 5.91 Å². The molecule has 0 radical (unpaired) electrons. The smallest absolute Gasteiger partial charge is 0.372 e. The number of alkyl halides is 3. The molecule has 0 aliphatic rings. The van der Waals surface area contributed by atoms with E-state index in [0.29, 0.717) is 6.54 Å². The van der Waals surface area contributed by atoms with Crippen molar-refractivity contribution in [2.45, 2.75) is 38.4 Å². The highest BCUT2D eigenvalue weighted by Gasteiger charge is 2.27. The van der Waals surface area contributed by atoms with E-state index in [1.165, 1.54) is 0 Å². The third-order valence-electron chi connectivity index (χ3n) is 1.99. The Hall–Kier alpha value is -0.820. The van der Waals surface area contributed by atoms with Crippen LogP contribution >= 0.6 is 0 Å². The predicted octanol–water partition coefficient (Wildman–Crippen LogP) is 1.20. The lowest BCUT2D eigenvalue weighted by molar-refractivity contribution is -0.174. The molecule has 4 nitrogen and oxygen atoms in total. The molecule has 0 spiro atoms. The number of hydrogen-bond donors (Lipinski definition) is 2. The molecule has 0 rings (SSSR count). The van der Waals surface area contributed by atoms with Crippen molar-refractivity contribution in [3.63, 3.8) is 0 Å². The van der Waals surface area contributed by atoms with Gasteiger partial charge in [-0.05, 0) is 26.3 Å². The van der Waals surface area contributed by atoms with E-state index in [2.05, 4.69) is 10.1 Å². The van der Waals surface area contributed by atoms with Gasteiger partial charge >= 0.3 is 6.18 Å². The Morgan fingerprint density at radius 3 is 2.65 bits per heavy atom. The van der Waals surface area contributed by atoms with E-state index in [0.717, 1.165) is 12.8 Å². The van der Waals surface area contributed by atoms with Gasteiger partial charge in [-0.1, -0.05) is 0 Å². The first-order valence-electron chi connectivity index (χ1n) is 5.49. The second-order valence-electron chi connectivity index (χ2n) is 3.82. The number of carbonyl (C=O) groups excluding carboxylic acids is 1. The van der Waals surface area contributed by atoms with Crippen LogP contribution in [0, 0.1) is 0 Å². The summed E-state index contributed by atoms with van der Waals surface area (Å²) in [5, 5.41) is 2.66. The van der Waals surface area contributed by atoms with Crippen molar-refractivity contribution in [1.82, 2.24) is 5.32 Å². The van der Waals surface area contributed by atoms with Crippen LogP contribution in [0.3, 0.4) is 0 Å². The Morgan fingerprint density at radius 2 is 2.12 bits per heavy atom. The normalized spacial score (nSPS) is 13.5. The first-order chi connectivity index (χ1) is 7.85. The van der Waals surface area contributed by atoms with Gasteiger partial charge in [0.05, 0.1) is 6.61 Å². The van der Waals surface area contributed by atoms with Gasteiger partial charge < -0.3 is 15.8 Å². The summed E-state index contributed by atoms with van der Waals surface area (Å²) in [6.45, 7) is 0.830. The minimum atomic E-state index is -4.34. The number of hydrogen-bond acceptors (Lipinski definition) is 3. The number of carbonyl (C=O) groups is 1. The number of nitrogens with two attached hydrogens (primary N) is 1. The zero-order valence-electron chi connectivity index (χ0n) is 9.85. The van der Waals surface area contributed by atoms with Crippen molar-refractivity contribution in [3.05, 3.63) is 0 Å². The third-order valence-corrected chi connectivity index (χ3v) is 1.99. The van der Waals surface area contributed by atoms with Crippen LogP contribution in [0.5, 0.6) is 0 Å². The topological polar surface area (TPSA) is 64.3 Å². The van der Waals surface area contributed by atoms with Crippen molar-refractivity contribution in [1.29, 1.82) is 0 Å². The molecule has 7 heteroatoms. The maximum absolute atomic E-state index is 11.7. The second-order valence-corrected chi connectivity index (χ2v) is 3.82. The Kier molecular flexibility index (Phi) is 7.90. The number of halogens is 3. The largest absolute Gasteiger partial charge is 0.411 e. The van der Waals surface area contributed by atoms with Crippen LogP contribution in [-0.4, -0.2) is 37.9 Å². The van der Waals surface area contributed by atoms with Crippen molar-refractivity contribution in [3.8, 4) is 0 Å². The predicted molar refractivity (Wildman–Crippen MR) is 57.4 cm³/mol. The van der Waals surface area contributed by atoms with Crippen LogP contribution in [-0.2, 0) is 9.53 Å². The van der Waals surface area contributed by atoms with Crippen LogP contribution in [0.2, 0.25) is 0 Å². The molecule has 1 atom stereocenters. The fraction of sp³-hybridized carbons (Fsp3) is 0.900. The van der Waals surface area contributed by atoms with Crippen molar-refractivity contribution in [2.24, 2.45) is 5.73 Å². The molecule has 1 amide bonds. The summed E-state index contributed by atoms with van der Waals surface area (Å²) in [6.07, 6.45) is -2.86. The van der Waals surface area contributed by atoms with Crippen LogP contribution in [0.15, 0.2) is 0 Å². The summed E-state index contributed by atoms with van der Waals surface area (Å²) < 4.78 is 39.4. The minimum Gasteiger partial charge on any atom is -0.372 e. The van der Waals surface area contributed by atoms with E-state index in [1.807, 2.05) is 6.92 Å². The third kappa shape index (κ3) is 11.4. The van der Waals surface area contributed by atoms with Crippen LogP contribution in [0.4, 0.5) is 13.2 Å². The molecule has 0 aromatic rings. The first-order valence-corrected chi connectivity index (χ1v) is 5.49. The van der Waals surface area contributed by atoms with Crippen molar-refractivity contribution in [2.75, 3.05) is 19.8 Å². The lowest BCUT2D eigenvalue weighted by atomic mass is 10.2. The van der Waals surface area contributed by atoms with Gasteiger partial charge in [0.1, 0.15) is 6.61 Å². The van der Waals surface area contributed by atoms with E-state index in [4.69, 9.17) is 5.73 Å². The quantitative estimate of drug-likeness (QED) is 0.641. The van der Waals surface area contributed by atoms with Gasteiger partial charge in [-0.2, -0.15) is 13.2 Å². The summed E-state index contributed by atoms with van der Waals surface area (Å²) in [5.41, 5.74) is 5.31. The van der Waals surface area contributed by atoms with Crippen LogP contribution in [0.1, 0.15) is 26.2 Å². The van der Waals surface area contributed by atoms with Gasteiger partial charge in [-0.3, -0.25) is 4.79 Å². The number of amides is 1. The van der Waals surface area contributed by atoms with Crippen LogP contribution < -0.4 is 11.1 Å². The molecule has 0 aromatic carbocycles. The summed E-state index contributed by atoms with van der Waals surface area (Å²) in [7, 11) is 0. The van der Waals surface area contributed by atoms with E-state index in [9.17, 15) is 18.0 Å². The fourth-order valence-electron chi connectivity index (χ4n) is 1.20. The summed E-state index contributed by atoms with van der Waals surface area (Å²) in [4.78, 5) is 11.2. The van der Waals surface area contributed by atoms with Gasteiger partial charge in [-0.25, -0.2) is 0 Å². The molecular weight excluding hydrogens is 237 g/mol. The van der Waals surface area contributed by atoms with E-state index in [1.54, 1.807) is 0 Å². The maximum Gasteiger partial charge on any atom is 0.411 e. The Morgan fingerprint density at radius 1 is 1.47 bits per heavy atom. The van der Waals surface area contributed by atoms with Gasteiger partial charge in [0.15, 0.2) is 0 Å². The summed E-state index contributed by atoms with van der Waals surface area (Å²) in [6, 6.07) is -0.0198. The van der Waals surface area contributed by atoms with Gasteiger partial charge in [-0.15, -0.1) is 0 Å². The highest BCUT2D eigenvalue weighted by Crippen LogP contribution is 2.14. The molecule has 0 saturated carbocycles. The monoisotopic (exact) mass is 256 g/mol. The average Bonchev–Trinajstić information content (AvgIpc) is 2.20. The molecule has 0 bridgehead atoms. The zero-order chi connectivity index (χ0) is 13.3. The molecule has 1 unspecified atom stereocenters.